The number of nitrogens with zero attached hydrogens (tertiary/aromatic N) is 4. The molecular formula is C16H20N4O3. The quantitative estimate of drug-likeness (QED) is 0.855. The van der Waals surface area contributed by atoms with E-state index in [-0.39, 0.29) is 18.3 Å². The lowest BCUT2D eigenvalue weighted by molar-refractivity contribution is -0.134. The van der Waals surface area contributed by atoms with Crippen LogP contribution in [0.15, 0.2) is 33.7 Å². The van der Waals surface area contributed by atoms with Crippen LogP contribution in [-0.4, -0.2) is 38.7 Å². The predicted molar refractivity (Wildman–Crippen MR) is 83.5 cm³/mol. The summed E-state index contributed by atoms with van der Waals surface area (Å²) >= 11 is 0. The molecule has 0 unspecified atom stereocenters. The zero-order valence-electron chi connectivity index (χ0n) is 13.3. The van der Waals surface area contributed by atoms with Crippen molar-refractivity contribution in [2.45, 2.75) is 26.8 Å². The Hall–Kier alpha value is -2.44. The molecule has 1 fully saturated rings. The third kappa shape index (κ3) is 3.49. The third-order valence-electron chi connectivity index (χ3n) is 4.02. The molecule has 0 aromatic carbocycles. The van der Waals surface area contributed by atoms with Crippen LogP contribution in [0.2, 0.25) is 0 Å². The number of carbonyl (C=O) groups excluding carboxylic acids is 1. The van der Waals surface area contributed by atoms with Crippen LogP contribution in [0.25, 0.3) is 11.5 Å². The molecule has 7 heteroatoms. The molecule has 3 rings (SSSR count). The van der Waals surface area contributed by atoms with Crippen molar-refractivity contribution in [3.63, 3.8) is 0 Å². The lowest BCUT2D eigenvalue weighted by Gasteiger charge is -2.34. The van der Waals surface area contributed by atoms with Crippen LogP contribution in [0, 0.1) is 11.8 Å². The van der Waals surface area contributed by atoms with E-state index in [1.807, 2.05) is 4.90 Å². The fourth-order valence-corrected chi connectivity index (χ4v) is 3.11. The normalized spacial score (nSPS) is 21.4. The van der Waals surface area contributed by atoms with Gasteiger partial charge in [0.05, 0.1) is 5.56 Å². The second-order valence-electron chi connectivity index (χ2n) is 6.32. The van der Waals surface area contributed by atoms with E-state index in [1.165, 1.54) is 0 Å². The lowest BCUT2D eigenvalue weighted by Crippen LogP contribution is -2.44. The molecule has 0 radical (unpaired) electrons. The van der Waals surface area contributed by atoms with Gasteiger partial charge in [-0.2, -0.15) is 4.68 Å². The summed E-state index contributed by atoms with van der Waals surface area (Å²) in [6.45, 7) is 5.63. The summed E-state index contributed by atoms with van der Waals surface area (Å²) < 4.78 is 6.19. The molecule has 0 bridgehead atoms. The largest absolute Gasteiger partial charge is 0.437 e. The molecule has 122 valence electrons. The first-order valence-corrected chi connectivity index (χ1v) is 7.79. The molecule has 0 aliphatic carbocycles. The third-order valence-corrected chi connectivity index (χ3v) is 4.02. The second kappa shape index (κ2) is 6.36. The summed E-state index contributed by atoms with van der Waals surface area (Å²) in [4.78, 5) is 30.1. The van der Waals surface area contributed by atoms with E-state index in [0.717, 1.165) is 24.2 Å². The van der Waals surface area contributed by atoms with Crippen LogP contribution in [-0.2, 0) is 11.3 Å². The van der Waals surface area contributed by atoms with Gasteiger partial charge in [0.2, 0.25) is 5.91 Å². The van der Waals surface area contributed by atoms with Crippen LogP contribution < -0.4 is 5.76 Å². The van der Waals surface area contributed by atoms with Crippen molar-refractivity contribution < 1.29 is 9.21 Å². The van der Waals surface area contributed by atoms with Crippen molar-refractivity contribution >= 4 is 5.91 Å². The van der Waals surface area contributed by atoms with Gasteiger partial charge in [-0.15, -0.1) is 5.10 Å². The maximum atomic E-state index is 12.4. The predicted octanol–water partition coefficient (Wildman–Crippen LogP) is 1.40. The van der Waals surface area contributed by atoms with Crippen molar-refractivity contribution in [1.82, 2.24) is 19.7 Å². The van der Waals surface area contributed by atoms with E-state index in [2.05, 4.69) is 23.9 Å². The average Bonchev–Trinajstić information content (AvgIpc) is 2.88. The van der Waals surface area contributed by atoms with E-state index < -0.39 is 5.76 Å². The van der Waals surface area contributed by atoms with Gasteiger partial charge in [0.1, 0.15) is 6.54 Å². The molecule has 7 nitrogen and oxygen atoms in total. The standard InChI is InChI=1S/C16H20N4O3/c1-11-6-12(2)9-19(8-11)14(21)10-20-16(22)23-15(18-20)13-4-3-5-17-7-13/h3-5,7,11-12H,6,8-10H2,1-2H3/t11-,12-/m0/s1. The first-order valence-electron chi connectivity index (χ1n) is 7.79. The minimum atomic E-state index is -0.629. The second-order valence-corrected chi connectivity index (χ2v) is 6.32. The van der Waals surface area contributed by atoms with Crippen molar-refractivity contribution in [3.8, 4) is 11.5 Å². The summed E-state index contributed by atoms with van der Waals surface area (Å²) in [5.74, 6) is 0.397. The van der Waals surface area contributed by atoms with Crippen molar-refractivity contribution in [3.05, 3.63) is 35.1 Å². The van der Waals surface area contributed by atoms with E-state index in [9.17, 15) is 9.59 Å². The lowest BCUT2D eigenvalue weighted by atomic mass is 9.92. The highest BCUT2D eigenvalue weighted by molar-refractivity contribution is 5.76. The van der Waals surface area contributed by atoms with Crippen LogP contribution in [0.5, 0.6) is 0 Å². The van der Waals surface area contributed by atoms with Crippen molar-refractivity contribution in [2.75, 3.05) is 13.1 Å². The number of pyridine rings is 1. The van der Waals surface area contributed by atoms with E-state index >= 15 is 0 Å². The number of carbonyl (C=O) groups is 1. The Morgan fingerprint density at radius 3 is 2.74 bits per heavy atom. The fourth-order valence-electron chi connectivity index (χ4n) is 3.11. The minimum absolute atomic E-state index is 0.0952. The first-order chi connectivity index (χ1) is 11.0. The molecule has 23 heavy (non-hydrogen) atoms. The fraction of sp³-hybridized carbons (Fsp3) is 0.500. The Labute approximate surface area is 133 Å². The number of likely N-dealkylation sites (tertiary alicyclic amines) is 1. The highest BCUT2D eigenvalue weighted by Gasteiger charge is 2.26. The molecule has 1 aliphatic rings. The molecule has 0 N–H and O–H groups in total. The van der Waals surface area contributed by atoms with Gasteiger partial charge in [-0.25, -0.2) is 4.79 Å². The molecule has 2 atom stereocenters. The van der Waals surface area contributed by atoms with Gasteiger partial charge in [0.15, 0.2) is 0 Å². The smallest absolute Gasteiger partial charge is 0.388 e. The van der Waals surface area contributed by atoms with Gasteiger partial charge in [-0.05, 0) is 30.4 Å². The number of amides is 1. The number of aromatic nitrogens is 3. The molecule has 1 aliphatic heterocycles. The topological polar surface area (TPSA) is 81.2 Å². The number of rotatable bonds is 3. The Morgan fingerprint density at radius 1 is 1.35 bits per heavy atom. The van der Waals surface area contributed by atoms with E-state index in [1.54, 1.807) is 24.5 Å². The first kappa shape index (κ1) is 15.5. The van der Waals surface area contributed by atoms with Gasteiger partial charge in [-0.3, -0.25) is 9.78 Å². The molecule has 2 aromatic rings. The number of hydrogen-bond acceptors (Lipinski definition) is 5. The van der Waals surface area contributed by atoms with Crippen LogP contribution in [0.4, 0.5) is 0 Å². The maximum Gasteiger partial charge on any atom is 0.437 e. The van der Waals surface area contributed by atoms with E-state index in [0.29, 0.717) is 17.4 Å². The van der Waals surface area contributed by atoms with Gasteiger partial charge < -0.3 is 9.32 Å². The molecule has 3 heterocycles. The van der Waals surface area contributed by atoms with Crippen LogP contribution >= 0.6 is 0 Å². The number of piperidine rings is 1. The Morgan fingerprint density at radius 2 is 2.09 bits per heavy atom. The van der Waals surface area contributed by atoms with Crippen LogP contribution in [0.1, 0.15) is 20.3 Å². The van der Waals surface area contributed by atoms with Gasteiger partial charge in [-0.1, -0.05) is 13.8 Å². The number of hydrogen-bond donors (Lipinski definition) is 0. The van der Waals surface area contributed by atoms with Crippen LogP contribution in [0.3, 0.4) is 0 Å². The van der Waals surface area contributed by atoms with Gasteiger partial charge >= 0.3 is 5.76 Å². The molecule has 0 saturated carbocycles. The summed E-state index contributed by atoms with van der Waals surface area (Å²) in [7, 11) is 0. The average molecular weight is 316 g/mol. The van der Waals surface area contributed by atoms with Gasteiger partial charge in [0.25, 0.3) is 5.89 Å². The monoisotopic (exact) mass is 316 g/mol. The van der Waals surface area contributed by atoms with Gasteiger partial charge in [0, 0.05) is 25.5 Å². The Kier molecular flexibility index (Phi) is 4.27. The summed E-state index contributed by atoms with van der Waals surface area (Å²) in [6.07, 6.45) is 4.31. The molecule has 0 spiro atoms. The highest BCUT2D eigenvalue weighted by Crippen LogP contribution is 2.21. The maximum absolute atomic E-state index is 12.4. The van der Waals surface area contributed by atoms with E-state index in [4.69, 9.17) is 4.42 Å². The molecular weight excluding hydrogens is 296 g/mol. The zero-order valence-corrected chi connectivity index (χ0v) is 13.3. The van der Waals surface area contributed by atoms with Crippen molar-refractivity contribution in [2.24, 2.45) is 11.8 Å². The molecule has 1 saturated heterocycles. The Balaban J connectivity index is 1.74. The molecule has 2 aromatic heterocycles. The molecule has 1 amide bonds. The minimum Gasteiger partial charge on any atom is -0.388 e. The summed E-state index contributed by atoms with van der Waals surface area (Å²) in [6, 6.07) is 3.48. The zero-order chi connectivity index (χ0) is 16.4. The SMILES string of the molecule is C[C@H]1C[C@H](C)CN(C(=O)Cn2nc(-c3cccnc3)oc2=O)C1. The highest BCUT2D eigenvalue weighted by atomic mass is 16.4. The van der Waals surface area contributed by atoms with Crippen molar-refractivity contribution in [1.29, 1.82) is 0 Å². The summed E-state index contributed by atoms with van der Waals surface area (Å²) in [5, 5.41) is 4.10. The summed E-state index contributed by atoms with van der Waals surface area (Å²) in [5.41, 5.74) is 0.607. The Bertz CT molecular complexity index is 727.